The summed E-state index contributed by atoms with van der Waals surface area (Å²) in [5, 5.41) is 0. The molecule has 9 heteroatoms. The number of hydrogen-bond donors (Lipinski definition) is 0. The van der Waals surface area contributed by atoms with E-state index < -0.39 is 0 Å². The third kappa shape index (κ3) is 8.17. The fraction of sp³-hybridized carbons (Fsp3) is 0.400. The molecule has 0 aliphatic rings. The van der Waals surface area contributed by atoms with Gasteiger partial charge in [-0.3, -0.25) is 13.8 Å². The van der Waals surface area contributed by atoms with Gasteiger partial charge in [-0.1, -0.05) is 41.5 Å². The quantitative estimate of drug-likeness (QED) is 0.207. The predicted molar refractivity (Wildman–Crippen MR) is 161 cm³/mol. The Balaban J connectivity index is 0.000000267. The second-order valence-corrected chi connectivity index (χ2v) is 7.75. The Bertz CT molecular complexity index is 1360. The largest absolute Gasteiger partial charge is 0.301 e. The molecule has 0 saturated carbocycles. The first-order chi connectivity index (χ1) is 18.9. The van der Waals surface area contributed by atoms with Gasteiger partial charge in [0.1, 0.15) is 12.0 Å². The second kappa shape index (κ2) is 16.7. The van der Waals surface area contributed by atoms with Crippen molar-refractivity contribution in [2.75, 3.05) is 0 Å². The van der Waals surface area contributed by atoms with Crippen molar-refractivity contribution >= 4 is 17.1 Å². The molecule has 6 aromatic rings. The third-order valence-corrected chi connectivity index (χ3v) is 5.69. The van der Waals surface area contributed by atoms with E-state index in [-0.39, 0.29) is 0 Å². The first-order valence-corrected chi connectivity index (χ1v) is 13.6. The van der Waals surface area contributed by atoms with Crippen LogP contribution in [0.5, 0.6) is 0 Å². The highest BCUT2D eigenvalue weighted by Gasteiger charge is 2.03. The maximum atomic E-state index is 4.34. The Kier molecular flexibility index (Phi) is 14.0. The summed E-state index contributed by atoms with van der Waals surface area (Å²) in [7, 11) is 0. The van der Waals surface area contributed by atoms with E-state index in [1.165, 1.54) is 5.69 Å². The summed E-state index contributed by atoms with van der Waals surface area (Å²) in [6.07, 6.45) is 12.7. The highest BCUT2D eigenvalue weighted by atomic mass is 15.1. The molecule has 0 N–H and O–H groups in total. The Morgan fingerprint density at radius 2 is 1.10 bits per heavy atom. The van der Waals surface area contributed by atoms with Crippen LogP contribution in [0.4, 0.5) is 0 Å². The van der Waals surface area contributed by atoms with E-state index in [0.29, 0.717) is 0 Å². The molecule has 0 spiro atoms. The minimum atomic E-state index is 0.780. The predicted octanol–water partition coefficient (Wildman–Crippen LogP) is 7.12. The van der Waals surface area contributed by atoms with Crippen LogP contribution in [-0.4, -0.2) is 43.1 Å². The first kappa shape index (κ1) is 32.9. The summed E-state index contributed by atoms with van der Waals surface area (Å²) < 4.78 is 5.99. The van der Waals surface area contributed by atoms with Crippen molar-refractivity contribution in [2.45, 2.75) is 83.1 Å². The van der Waals surface area contributed by atoms with Crippen molar-refractivity contribution in [1.29, 1.82) is 0 Å². The zero-order valence-electron chi connectivity index (χ0n) is 25.7. The number of aromatic nitrogens is 9. The molecule has 0 atom stereocenters. The minimum Gasteiger partial charge on any atom is -0.301 e. The van der Waals surface area contributed by atoms with E-state index in [0.717, 1.165) is 45.5 Å². The zero-order chi connectivity index (χ0) is 29.5. The van der Waals surface area contributed by atoms with Gasteiger partial charge in [-0.15, -0.1) is 0 Å². The molecule has 0 aromatic carbocycles. The molecule has 210 valence electrons. The van der Waals surface area contributed by atoms with E-state index in [1.54, 1.807) is 31.1 Å². The highest BCUT2D eigenvalue weighted by molar-refractivity contribution is 5.41. The summed E-state index contributed by atoms with van der Waals surface area (Å²) in [5.41, 5.74) is 8.57. The fourth-order valence-electron chi connectivity index (χ4n) is 3.39. The zero-order valence-corrected chi connectivity index (χ0v) is 25.7. The van der Waals surface area contributed by atoms with Gasteiger partial charge in [0.25, 0.3) is 0 Å². The lowest BCUT2D eigenvalue weighted by Gasteiger charge is -1.92. The summed E-state index contributed by atoms with van der Waals surface area (Å²) in [4.78, 5) is 25.0. The number of rotatable bonds is 0. The summed E-state index contributed by atoms with van der Waals surface area (Å²) in [6, 6.07) is 3.81. The van der Waals surface area contributed by atoms with Gasteiger partial charge in [0.05, 0.1) is 23.3 Å². The van der Waals surface area contributed by atoms with E-state index >= 15 is 0 Å². The average Bonchev–Trinajstić information content (AvgIpc) is 3.57. The number of aryl methyl sites for hydroxylation is 6. The molecular weight excluding hydrogens is 486 g/mol. The molecule has 0 amide bonds. The number of imidazole rings is 3. The van der Waals surface area contributed by atoms with E-state index in [1.807, 2.05) is 114 Å². The lowest BCUT2D eigenvalue weighted by atomic mass is 10.4. The van der Waals surface area contributed by atoms with Gasteiger partial charge in [0.15, 0.2) is 5.65 Å². The van der Waals surface area contributed by atoms with Crippen LogP contribution >= 0.6 is 0 Å². The average molecular weight is 532 g/mol. The molecule has 9 nitrogen and oxygen atoms in total. The molecule has 39 heavy (non-hydrogen) atoms. The van der Waals surface area contributed by atoms with E-state index in [2.05, 4.69) is 36.8 Å². The molecule has 0 unspecified atom stereocenters. The normalized spacial score (nSPS) is 9.54. The van der Waals surface area contributed by atoms with Gasteiger partial charge in [0, 0.05) is 48.1 Å². The minimum absolute atomic E-state index is 0.780. The Morgan fingerprint density at radius 3 is 1.69 bits per heavy atom. The summed E-state index contributed by atoms with van der Waals surface area (Å²) >= 11 is 0. The number of hydrogen-bond acceptors (Lipinski definition) is 6. The molecule has 6 aromatic heterocycles. The standard InChI is InChI=1S/3C8H9N3.3C2H6/c1-6-7(2)11-4-3-9-5-8(11)10-6;1-6-7(2)11-5-9-4-3-8(11)10-6;1-6-7(2)11-5-3-4-9-8(11)10-6;3*1-2/h3*3-5H,1-2H3;3*1-2H3. The van der Waals surface area contributed by atoms with Crippen molar-refractivity contribution in [3.63, 3.8) is 0 Å². The van der Waals surface area contributed by atoms with Crippen molar-refractivity contribution in [3.05, 3.63) is 89.8 Å². The lowest BCUT2D eigenvalue weighted by Crippen LogP contribution is -1.87. The Hall–Kier alpha value is -4.14. The Morgan fingerprint density at radius 1 is 0.538 bits per heavy atom. The monoisotopic (exact) mass is 531 g/mol. The fourth-order valence-corrected chi connectivity index (χ4v) is 3.39. The van der Waals surface area contributed by atoms with Crippen LogP contribution in [0, 0.1) is 41.5 Å². The van der Waals surface area contributed by atoms with Crippen molar-refractivity contribution < 1.29 is 0 Å². The topological polar surface area (TPSA) is 90.6 Å². The molecular formula is C30H45N9. The van der Waals surface area contributed by atoms with Gasteiger partial charge in [-0.2, -0.15) is 0 Å². The van der Waals surface area contributed by atoms with Crippen LogP contribution in [0.1, 0.15) is 75.7 Å². The van der Waals surface area contributed by atoms with E-state index in [4.69, 9.17) is 0 Å². The summed E-state index contributed by atoms with van der Waals surface area (Å²) in [5.74, 6) is 0.780. The molecule has 6 rings (SSSR count). The number of fused-ring (bicyclic) bond motifs is 3. The van der Waals surface area contributed by atoms with Crippen LogP contribution in [-0.2, 0) is 0 Å². The second-order valence-electron chi connectivity index (χ2n) is 7.75. The number of nitrogens with zero attached hydrogens (tertiary/aromatic N) is 9. The van der Waals surface area contributed by atoms with Crippen molar-refractivity contribution in [3.8, 4) is 0 Å². The lowest BCUT2D eigenvalue weighted by molar-refractivity contribution is 1.03. The molecule has 0 fully saturated rings. The molecule has 6 heterocycles. The Labute approximate surface area is 233 Å². The summed E-state index contributed by atoms with van der Waals surface area (Å²) in [6.45, 7) is 24.1. The van der Waals surface area contributed by atoms with Crippen LogP contribution in [0.3, 0.4) is 0 Å². The van der Waals surface area contributed by atoms with Crippen molar-refractivity contribution in [2.24, 2.45) is 0 Å². The van der Waals surface area contributed by atoms with E-state index in [9.17, 15) is 0 Å². The van der Waals surface area contributed by atoms with Gasteiger partial charge in [-0.05, 0) is 53.7 Å². The maximum absolute atomic E-state index is 4.34. The van der Waals surface area contributed by atoms with Gasteiger partial charge >= 0.3 is 0 Å². The van der Waals surface area contributed by atoms with Gasteiger partial charge < -0.3 is 4.40 Å². The molecule has 0 radical (unpaired) electrons. The highest BCUT2D eigenvalue weighted by Crippen LogP contribution is 2.09. The molecule has 0 aliphatic carbocycles. The third-order valence-electron chi connectivity index (χ3n) is 5.69. The van der Waals surface area contributed by atoms with Crippen LogP contribution in [0.15, 0.2) is 55.6 Å². The maximum Gasteiger partial charge on any atom is 0.234 e. The van der Waals surface area contributed by atoms with Crippen LogP contribution in [0.25, 0.3) is 17.1 Å². The first-order valence-electron chi connectivity index (χ1n) is 13.6. The molecule has 0 bridgehead atoms. The van der Waals surface area contributed by atoms with Crippen LogP contribution < -0.4 is 0 Å². The van der Waals surface area contributed by atoms with Crippen molar-refractivity contribution in [1.82, 2.24) is 43.1 Å². The van der Waals surface area contributed by atoms with Gasteiger partial charge in [-0.25, -0.2) is 24.9 Å². The van der Waals surface area contributed by atoms with Crippen LogP contribution in [0.2, 0.25) is 0 Å². The molecule has 0 saturated heterocycles. The van der Waals surface area contributed by atoms with Gasteiger partial charge in [0.2, 0.25) is 5.78 Å². The SMILES string of the molecule is CC.CC.CC.Cc1nc2ccncn2c1C.Cc1nc2cnccn2c1C.Cc1nc2ncccn2c1C. The smallest absolute Gasteiger partial charge is 0.234 e. The molecule has 0 aliphatic heterocycles.